The monoisotopic (exact) mass is 249 g/mol. The van der Waals surface area contributed by atoms with E-state index in [1.54, 1.807) is 0 Å². The first-order valence-electron chi connectivity index (χ1n) is 5.95. The van der Waals surface area contributed by atoms with Gasteiger partial charge in [0.15, 0.2) is 0 Å². The van der Waals surface area contributed by atoms with E-state index in [2.05, 4.69) is 17.1 Å². The summed E-state index contributed by atoms with van der Waals surface area (Å²) in [4.78, 5) is 2.45. The molecule has 0 radical (unpaired) electrons. The van der Waals surface area contributed by atoms with E-state index in [-0.39, 0.29) is 5.75 Å². The van der Waals surface area contributed by atoms with Gasteiger partial charge in [-0.1, -0.05) is 6.92 Å². The Balaban J connectivity index is 2.07. The molecule has 0 saturated carbocycles. The van der Waals surface area contributed by atoms with Gasteiger partial charge >= 0.3 is 0 Å². The molecule has 0 bridgehead atoms. The Kier molecular flexibility index (Phi) is 5.68. The van der Waals surface area contributed by atoms with Crippen molar-refractivity contribution in [2.75, 3.05) is 38.5 Å². The minimum absolute atomic E-state index is 0.0286. The molecule has 6 heteroatoms. The summed E-state index contributed by atoms with van der Waals surface area (Å²) in [5.74, 6) is 0.712. The third kappa shape index (κ3) is 5.79. The molecular weight excluding hydrogens is 226 g/mol. The van der Waals surface area contributed by atoms with E-state index in [1.807, 2.05) is 0 Å². The number of rotatable bonds is 6. The van der Waals surface area contributed by atoms with Gasteiger partial charge in [0, 0.05) is 6.54 Å². The van der Waals surface area contributed by atoms with Crippen LogP contribution < -0.4 is 10.5 Å². The zero-order valence-electron chi connectivity index (χ0n) is 9.98. The van der Waals surface area contributed by atoms with Gasteiger partial charge in [-0.05, 0) is 44.9 Å². The SMILES string of the molecule is CCN1CCC(CNCCS(N)(=O)=O)CC1. The van der Waals surface area contributed by atoms with Crippen LogP contribution in [0.25, 0.3) is 0 Å². The summed E-state index contributed by atoms with van der Waals surface area (Å²) in [6.07, 6.45) is 2.41. The molecule has 1 heterocycles. The van der Waals surface area contributed by atoms with Crippen LogP contribution >= 0.6 is 0 Å². The van der Waals surface area contributed by atoms with Crippen molar-refractivity contribution in [2.24, 2.45) is 11.1 Å². The van der Waals surface area contributed by atoms with Gasteiger partial charge in [-0.15, -0.1) is 0 Å². The Morgan fingerprint density at radius 1 is 1.38 bits per heavy atom. The summed E-state index contributed by atoms with van der Waals surface area (Å²) in [6, 6.07) is 0. The smallest absolute Gasteiger partial charge is 0.210 e. The van der Waals surface area contributed by atoms with E-state index in [0.29, 0.717) is 12.5 Å². The first-order valence-corrected chi connectivity index (χ1v) is 7.66. The Morgan fingerprint density at radius 2 is 2.00 bits per heavy atom. The van der Waals surface area contributed by atoms with Crippen LogP contribution in [0, 0.1) is 5.92 Å². The number of nitrogens with two attached hydrogens (primary N) is 1. The van der Waals surface area contributed by atoms with E-state index in [1.165, 1.54) is 12.8 Å². The van der Waals surface area contributed by atoms with Crippen molar-refractivity contribution in [3.05, 3.63) is 0 Å². The molecule has 3 N–H and O–H groups in total. The molecule has 0 atom stereocenters. The topological polar surface area (TPSA) is 75.4 Å². The minimum Gasteiger partial charge on any atom is -0.315 e. The maximum atomic E-state index is 10.7. The molecule has 1 rings (SSSR count). The third-order valence-corrected chi connectivity index (χ3v) is 3.92. The van der Waals surface area contributed by atoms with Gasteiger partial charge in [0.1, 0.15) is 0 Å². The minimum atomic E-state index is -3.31. The predicted molar refractivity (Wildman–Crippen MR) is 65.7 cm³/mol. The van der Waals surface area contributed by atoms with Gasteiger partial charge in [-0.2, -0.15) is 0 Å². The van der Waals surface area contributed by atoms with Crippen LogP contribution in [0.2, 0.25) is 0 Å². The summed E-state index contributed by atoms with van der Waals surface area (Å²) in [5.41, 5.74) is 0. The second-order valence-electron chi connectivity index (χ2n) is 4.45. The largest absolute Gasteiger partial charge is 0.315 e. The normalized spacial score (nSPS) is 20.1. The van der Waals surface area contributed by atoms with E-state index < -0.39 is 10.0 Å². The molecule has 1 fully saturated rings. The van der Waals surface area contributed by atoms with Gasteiger partial charge in [-0.25, -0.2) is 13.6 Å². The molecule has 0 unspecified atom stereocenters. The molecule has 0 aromatic heterocycles. The van der Waals surface area contributed by atoms with Crippen molar-refractivity contribution in [2.45, 2.75) is 19.8 Å². The summed E-state index contributed by atoms with van der Waals surface area (Å²) in [5, 5.41) is 8.08. The number of hydrogen-bond donors (Lipinski definition) is 2. The van der Waals surface area contributed by atoms with Crippen LogP contribution in [-0.4, -0.2) is 51.8 Å². The van der Waals surface area contributed by atoms with E-state index in [4.69, 9.17) is 5.14 Å². The Labute approximate surface area is 98.4 Å². The Morgan fingerprint density at radius 3 is 2.50 bits per heavy atom. The zero-order chi connectivity index (χ0) is 12.0. The van der Waals surface area contributed by atoms with Crippen LogP contribution in [0.15, 0.2) is 0 Å². The van der Waals surface area contributed by atoms with E-state index >= 15 is 0 Å². The molecule has 16 heavy (non-hydrogen) atoms. The maximum absolute atomic E-state index is 10.7. The zero-order valence-corrected chi connectivity index (χ0v) is 10.8. The van der Waals surface area contributed by atoms with Crippen LogP contribution in [0.3, 0.4) is 0 Å². The van der Waals surface area contributed by atoms with Crippen molar-refractivity contribution in [3.63, 3.8) is 0 Å². The van der Waals surface area contributed by atoms with Crippen LogP contribution in [0.4, 0.5) is 0 Å². The van der Waals surface area contributed by atoms with Crippen LogP contribution in [0.5, 0.6) is 0 Å². The highest BCUT2D eigenvalue weighted by molar-refractivity contribution is 7.89. The molecule has 0 aromatic carbocycles. The molecule has 1 aliphatic rings. The van der Waals surface area contributed by atoms with Crippen molar-refractivity contribution in [1.29, 1.82) is 0 Å². The second-order valence-corrected chi connectivity index (χ2v) is 6.18. The van der Waals surface area contributed by atoms with Crippen LogP contribution in [-0.2, 0) is 10.0 Å². The van der Waals surface area contributed by atoms with Gasteiger partial charge in [-0.3, -0.25) is 0 Å². The average molecular weight is 249 g/mol. The molecule has 0 spiro atoms. The fraction of sp³-hybridized carbons (Fsp3) is 1.00. The highest BCUT2D eigenvalue weighted by Crippen LogP contribution is 2.15. The predicted octanol–water partition coefficient (Wildman–Crippen LogP) is -0.404. The van der Waals surface area contributed by atoms with E-state index in [0.717, 1.165) is 26.2 Å². The lowest BCUT2D eigenvalue weighted by Crippen LogP contribution is -2.38. The maximum Gasteiger partial charge on any atom is 0.210 e. The molecule has 0 aromatic rings. The van der Waals surface area contributed by atoms with Crippen molar-refractivity contribution in [1.82, 2.24) is 10.2 Å². The number of nitrogens with one attached hydrogen (secondary N) is 1. The average Bonchev–Trinajstić information content (AvgIpc) is 2.24. The second kappa shape index (κ2) is 6.54. The Hall–Kier alpha value is -0.170. The fourth-order valence-corrected chi connectivity index (χ4v) is 2.46. The summed E-state index contributed by atoms with van der Waals surface area (Å²) >= 11 is 0. The number of nitrogens with zero attached hydrogens (tertiary/aromatic N) is 1. The summed E-state index contributed by atoms with van der Waals surface area (Å²) < 4.78 is 21.4. The first-order chi connectivity index (χ1) is 7.51. The number of sulfonamides is 1. The van der Waals surface area contributed by atoms with Gasteiger partial charge < -0.3 is 10.2 Å². The first kappa shape index (κ1) is 13.9. The number of piperidine rings is 1. The van der Waals surface area contributed by atoms with E-state index in [9.17, 15) is 8.42 Å². The Bertz CT molecular complexity index is 284. The third-order valence-electron chi connectivity index (χ3n) is 3.15. The molecular formula is C10H23N3O2S. The molecule has 1 saturated heterocycles. The number of primary sulfonamides is 1. The highest BCUT2D eigenvalue weighted by atomic mass is 32.2. The fourth-order valence-electron chi connectivity index (χ4n) is 2.03. The summed E-state index contributed by atoms with van der Waals surface area (Å²) in [7, 11) is -3.31. The van der Waals surface area contributed by atoms with Crippen molar-refractivity contribution < 1.29 is 8.42 Å². The van der Waals surface area contributed by atoms with Crippen LogP contribution in [0.1, 0.15) is 19.8 Å². The quantitative estimate of drug-likeness (QED) is 0.628. The lowest BCUT2D eigenvalue weighted by Gasteiger charge is -2.31. The van der Waals surface area contributed by atoms with Gasteiger partial charge in [0.05, 0.1) is 5.75 Å². The standard InChI is InChI=1S/C10H23N3O2S/c1-2-13-6-3-10(4-7-13)9-12-5-8-16(11,14)15/h10,12H,2-9H2,1H3,(H2,11,14,15). The molecule has 0 aliphatic carbocycles. The molecule has 0 amide bonds. The molecule has 1 aliphatic heterocycles. The lowest BCUT2D eigenvalue weighted by atomic mass is 9.97. The molecule has 96 valence electrons. The highest BCUT2D eigenvalue weighted by Gasteiger charge is 2.17. The van der Waals surface area contributed by atoms with Crippen molar-refractivity contribution >= 4 is 10.0 Å². The lowest BCUT2D eigenvalue weighted by molar-refractivity contribution is 0.190. The van der Waals surface area contributed by atoms with Crippen molar-refractivity contribution in [3.8, 4) is 0 Å². The number of likely N-dealkylation sites (tertiary alicyclic amines) is 1. The van der Waals surface area contributed by atoms with Gasteiger partial charge in [0.25, 0.3) is 0 Å². The molecule has 5 nitrogen and oxygen atoms in total. The number of hydrogen-bond acceptors (Lipinski definition) is 4. The van der Waals surface area contributed by atoms with Gasteiger partial charge in [0.2, 0.25) is 10.0 Å². The summed E-state index contributed by atoms with van der Waals surface area (Å²) in [6.45, 7) is 7.02.